The molecule has 0 N–H and O–H groups in total. The van der Waals surface area contributed by atoms with Gasteiger partial charge in [-0.1, -0.05) is 0 Å². The van der Waals surface area contributed by atoms with Crippen molar-refractivity contribution in [3.8, 4) is 0 Å². The van der Waals surface area contributed by atoms with E-state index in [4.69, 9.17) is 21.3 Å². The van der Waals surface area contributed by atoms with Crippen LogP contribution in [0.4, 0.5) is 0 Å². The number of rotatable bonds is 0. The summed E-state index contributed by atoms with van der Waals surface area (Å²) in [6.45, 7) is 5.84. The lowest BCUT2D eigenvalue weighted by molar-refractivity contribution is -0.134. The van der Waals surface area contributed by atoms with E-state index in [1.54, 1.807) is 0 Å². The number of hydrogen-bond acceptors (Lipinski definition) is 3. The number of halogens is 1. The second-order valence-corrected chi connectivity index (χ2v) is 5.64. The first-order chi connectivity index (χ1) is 7.03. The molecule has 0 aromatic carbocycles. The minimum atomic E-state index is -0.449. The smallest absolute Gasteiger partial charge is 0.205 e. The van der Waals surface area contributed by atoms with Crippen molar-refractivity contribution in [2.24, 2.45) is 11.8 Å². The zero-order valence-electron chi connectivity index (χ0n) is 9.07. The lowest BCUT2D eigenvalue weighted by Crippen LogP contribution is -2.26. The topological polar surface area (TPSA) is 21.7 Å². The molecule has 0 spiro atoms. The quantitative estimate of drug-likeness (QED) is 0.594. The van der Waals surface area contributed by atoms with E-state index in [1.807, 2.05) is 18.3 Å². The molecule has 0 bridgehead atoms. The van der Waals surface area contributed by atoms with Crippen LogP contribution >= 0.6 is 11.8 Å². The Hall–Kier alpha value is -0.250. The van der Waals surface area contributed by atoms with Gasteiger partial charge in [0, 0.05) is 26.9 Å². The third-order valence-corrected chi connectivity index (χ3v) is 3.73. The van der Waals surface area contributed by atoms with Gasteiger partial charge in [-0.15, -0.1) is 0 Å². The van der Waals surface area contributed by atoms with E-state index in [1.165, 1.54) is 0 Å². The maximum atomic E-state index is 6.02. The van der Waals surface area contributed by atoms with E-state index < -0.39 is 5.79 Å². The van der Waals surface area contributed by atoms with Crippen molar-refractivity contribution in [3.63, 3.8) is 0 Å². The molecular weight excluding hydrogens is 214 g/mol. The van der Waals surface area contributed by atoms with Crippen LogP contribution in [0.1, 0.15) is 20.3 Å². The van der Waals surface area contributed by atoms with Gasteiger partial charge >= 0.3 is 0 Å². The first-order valence-corrected chi connectivity index (χ1v) is 5.86. The Bertz CT molecular complexity index is 316. The molecule has 0 aromatic rings. The maximum Gasteiger partial charge on any atom is 0.205 e. The molecule has 0 radical (unpaired) electrons. The molecule has 0 amide bonds. The third-order valence-electron chi connectivity index (χ3n) is 3.45. The molecule has 2 heterocycles. The maximum absolute atomic E-state index is 6.02. The minimum Gasteiger partial charge on any atom is -0.465 e. The highest BCUT2D eigenvalue weighted by molar-refractivity contribution is 6.13. The van der Waals surface area contributed by atoms with Crippen LogP contribution in [0.2, 0.25) is 0 Å². The normalized spacial score (nSPS) is 43.1. The van der Waals surface area contributed by atoms with E-state index >= 15 is 0 Å². The number of fused-ring (bicyclic) bond motifs is 2. The lowest BCUT2D eigenvalue weighted by Gasteiger charge is -2.23. The summed E-state index contributed by atoms with van der Waals surface area (Å²) in [7, 11) is 0. The average Bonchev–Trinajstić information content (AvgIpc) is 2.55. The first kappa shape index (κ1) is 9.94. The van der Waals surface area contributed by atoms with Crippen LogP contribution < -0.4 is 0 Å². The van der Waals surface area contributed by atoms with Gasteiger partial charge in [-0.05, 0) is 36.1 Å². The first-order valence-electron chi connectivity index (χ1n) is 5.53. The summed E-state index contributed by atoms with van der Waals surface area (Å²) in [4.78, 5) is 0. The zero-order valence-corrected chi connectivity index (χ0v) is 9.83. The fourth-order valence-electron chi connectivity index (χ4n) is 2.85. The lowest BCUT2D eigenvalue weighted by atomic mass is 9.84. The van der Waals surface area contributed by atoms with Crippen LogP contribution in [0.5, 0.6) is 0 Å². The summed E-state index contributed by atoms with van der Waals surface area (Å²) < 4.78 is 13.5. The SMILES string of the molecule is CC1(C)OC2=CC3CN(Cl)CC3CC2O1. The molecule has 4 heteroatoms. The summed E-state index contributed by atoms with van der Waals surface area (Å²) in [5, 5.41) is 0. The highest BCUT2D eigenvalue weighted by atomic mass is 35.5. The Balaban J connectivity index is 1.83. The predicted octanol–water partition coefficient (Wildman–Crippen LogP) is 2.13. The van der Waals surface area contributed by atoms with Crippen LogP contribution in [-0.2, 0) is 9.47 Å². The van der Waals surface area contributed by atoms with Crippen molar-refractivity contribution in [1.29, 1.82) is 0 Å². The summed E-state index contributed by atoms with van der Waals surface area (Å²) in [5.74, 6) is 1.75. The largest absolute Gasteiger partial charge is 0.465 e. The van der Waals surface area contributed by atoms with Crippen molar-refractivity contribution in [1.82, 2.24) is 4.42 Å². The van der Waals surface area contributed by atoms with E-state index in [-0.39, 0.29) is 6.10 Å². The molecule has 3 aliphatic rings. The predicted molar refractivity (Wildman–Crippen MR) is 57.1 cm³/mol. The van der Waals surface area contributed by atoms with E-state index in [9.17, 15) is 0 Å². The third kappa shape index (κ3) is 1.67. The van der Waals surface area contributed by atoms with Gasteiger partial charge in [0.15, 0.2) is 0 Å². The molecule has 2 aliphatic heterocycles. The highest BCUT2D eigenvalue weighted by Crippen LogP contribution is 2.43. The molecule has 2 fully saturated rings. The zero-order chi connectivity index (χ0) is 10.6. The van der Waals surface area contributed by atoms with Gasteiger partial charge in [-0.2, -0.15) is 0 Å². The van der Waals surface area contributed by atoms with Crippen molar-refractivity contribution in [2.45, 2.75) is 32.2 Å². The average molecular weight is 230 g/mol. The fourth-order valence-corrected chi connectivity index (χ4v) is 3.18. The van der Waals surface area contributed by atoms with Crippen LogP contribution in [0, 0.1) is 11.8 Å². The monoisotopic (exact) mass is 229 g/mol. The van der Waals surface area contributed by atoms with Gasteiger partial charge in [0.1, 0.15) is 11.9 Å². The summed E-state index contributed by atoms with van der Waals surface area (Å²) >= 11 is 6.02. The summed E-state index contributed by atoms with van der Waals surface area (Å²) in [5.41, 5.74) is 0. The second-order valence-electron chi connectivity index (χ2n) is 5.16. The molecular formula is C11H16ClNO2. The van der Waals surface area contributed by atoms with Crippen molar-refractivity contribution in [2.75, 3.05) is 13.1 Å². The van der Waals surface area contributed by atoms with Gasteiger partial charge in [-0.3, -0.25) is 0 Å². The molecule has 3 rings (SSSR count). The number of hydrogen-bond donors (Lipinski definition) is 0. The molecule has 3 nitrogen and oxygen atoms in total. The van der Waals surface area contributed by atoms with E-state index in [0.717, 1.165) is 25.3 Å². The molecule has 84 valence electrons. The Morgan fingerprint density at radius 2 is 2.27 bits per heavy atom. The van der Waals surface area contributed by atoms with Crippen LogP contribution in [0.3, 0.4) is 0 Å². The summed E-state index contributed by atoms with van der Waals surface area (Å²) in [6.07, 6.45) is 3.42. The second kappa shape index (κ2) is 3.12. The highest BCUT2D eigenvalue weighted by Gasteiger charge is 2.45. The van der Waals surface area contributed by atoms with Gasteiger partial charge < -0.3 is 9.47 Å². The van der Waals surface area contributed by atoms with E-state index in [0.29, 0.717) is 11.8 Å². The minimum absolute atomic E-state index is 0.157. The van der Waals surface area contributed by atoms with Crippen LogP contribution in [-0.4, -0.2) is 29.4 Å². The molecule has 3 atom stereocenters. The Labute approximate surface area is 95.1 Å². The fraction of sp³-hybridized carbons (Fsp3) is 0.818. The van der Waals surface area contributed by atoms with Gasteiger partial charge in [0.25, 0.3) is 0 Å². The standard InChI is InChI=1S/C11H16ClNO2/c1-11(2)14-9-3-7-5-13(12)6-8(7)4-10(9)15-11/h3,7-8,10H,4-6H2,1-2H3. The van der Waals surface area contributed by atoms with Crippen LogP contribution in [0.25, 0.3) is 0 Å². The van der Waals surface area contributed by atoms with Crippen molar-refractivity contribution < 1.29 is 9.47 Å². The number of ether oxygens (including phenoxy) is 2. The van der Waals surface area contributed by atoms with Gasteiger partial charge in [0.05, 0.1) is 0 Å². The molecule has 15 heavy (non-hydrogen) atoms. The molecule has 2 saturated heterocycles. The Kier molecular flexibility index (Phi) is 2.07. The molecule has 1 aliphatic carbocycles. The number of nitrogens with zero attached hydrogens (tertiary/aromatic N) is 1. The summed E-state index contributed by atoms with van der Waals surface area (Å²) in [6, 6.07) is 0. The van der Waals surface area contributed by atoms with Gasteiger partial charge in [0.2, 0.25) is 5.79 Å². The van der Waals surface area contributed by atoms with Crippen molar-refractivity contribution in [3.05, 3.63) is 11.8 Å². The van der Waals surface area contributed by atoms with Crippen molar-refractivity contribution >= 4 is 11.8 Å². The van der Waals surface area contributed by atoms with Crippen LogP contribution in [0.15, 0.2) is 11.8 Å². The Morgan fingerprint density at radius 3 is 3.07 bits per heavy atom. The van der Waals surface area contributed by atoms with Gasteiger partial charge in [-0.25, -0.2) is 4.42 Å². The molecule has 0 saturated carbocycles. The molecule has 0 aromatic heterocycles. The van der Waals surface area contributed by atoms with E-state index in [2.05, 4.69) is 6.08 Å². The Morgan fingerprint density at radius 1 is 1.47 bits per heavy atom. The molecule has 3 unspecified atom stereocenters.